The molecule has 0 heterocycles. The van der Waals surface area contributed by atoms with E-state index in [-0.39, 0.29) is 29.6 Å². The van der Waals surface area contributed by atoms with E-state index < -0.39 is 35.6 Å². The van der Waals surface area contributed by atoms with Gasteiger partial charge in [0, 0.05) is 17.7 Å². The summed E-state index contributed by atoms with van der Waals surface area (Å²) in [5.74, 6) is -3.44. The second-order valence-corrected chi connectivity index (χ2v) is 9.81. The first kappa shape index (κ1) is 28.1. The van der Waals surface area contributed by atoms with Crippen LogP contribution in [0.5, 0.6) is 0 Å². The maximum Gasteiger partial charge on any atom is 0.248 e. The number of rotatable bonds is 14. The van der Waals surface area contributed by atoms with E-state index >= 15 is 0 Å². The van der Waals surface area contributed by atoms with Gasteiger partial charge in [-0.2, -0.15) is 11.8 Å². The summed E-state index contributed by atoms with van der Waals surface area (Å²) in [6.07, 6.45) is 0.557. The topological polar surface area (TPSA) is 139 Å². The second kappa shape index (κ2) is 14.3. The molecule has 0 unspecified atom stereocenters. The van der Waals surface area contributed by atoms with Crippen LogP contribution < -0.4 is 16.5 Å². The van der Waals surface area contributed by atoms with Crippen LogP contribution in [0.3, 0.4) is 0 Å². The molecule has 0 saturated heterocycles. The van der Waals surface area contributed by atoms with Crippen molar-refractivity contribution in [3.63, 3.8) is 0 Å². The Hall–Kier alpha value is -3.17. The number of carbonyl (C=O) groups is 4. The Bertz CT molecular complexity index is 985. The maximum atomic E-state index is 13.3. The molecule has 0 saturated carbocycles. The molecule has 0 aliphatic heterocycles. The fourth-order valence-electron chi connectivity index (χ4n) is 3.76. The van der Waals surface area contributed by atoms with Crippen LogP contribution >= 0.6 is 11.8 Å². The number of benzene rings is 2. The van der Waals surface area contributed by atoms with Crippen LogP contribution in [0.1, 0.15) is 36.2 Å². The fraction of sp³-hybridized carbons (Fsp3) is 0.385. The van der Waals surface area contributed by atoms with Crippen molar-refractivity contribution in [3.05, 3.63) is 71.8 Å². The van der Waals surface area contributed by atoms with Crippen molar-refractivity contribution in [2.45, 2.75) is 32.7 Å². The summed E-state index contributed by atoms with van der Waals surface area (Å²) < 4.78 is 0. The zero-order valence-corrected chi connectivity index (χ0v) is 20.8. The summed E-state index contributed by atoms with van der Waals surface area (Å²) >= 11 is 1.22. The van der Waals surface area contributed by atoms with Crippen molar-refractivity contribution < 1.29 is 24.4 Å². The minimum absolute atomic E-state index is 0.0526. The quantitative estimate of drug-likeness (QED) is 0.179. The highest BCUT2D eigenvalue weighted by Crippen LogP contribution is 2.26. The van der Waals surface area contributed by atoms with Crippen molar-refractivity contribution in [3.8, 4) is 0 Å². The summed E-state index contributed by atoms with van der Waals surface area (Å²) in [5, 5.41) is 12.0. The number of thioether (sulfide) groups is 1. The molecule has 8 nitrogen and oxygen atoms in total. The highest BCUT2D eigenvalue weighted by molar-refractivity contribution is 8.00. The number of nitrogens with one attached hydrogen (secondary N) is 2. The Kier molecular flexibility index (Phi) is 11.5. The van der Waals surface area contributed by atoms with Crippen LogP contribution in [0.15, 0.2) is 60.7 Å². The molecule has 0 aromatic heterocycles. The number of hydroxylamine groups is 1. The molecular weight excluding hydrogens is 466 g/mol. The minimum atomic E-state index is -0.954. The van der Waals surface area contributed by atoms with E-state index in [1.807, 2.05) is 50.2 Å². The van der Waals surface area contributed by atoms with Gasteiger partial charge in [-0.15, -0.1) is 0 Å². The number of hydrogen-bond donors (Lipinski definition) is 4. The Morgan fingerprint density at radius 3 is 2.06 bits per heavy atom. The van der Waals surface area contributed by atoms with Crippen LogP contribution in [-0.4, -0.2) is 46.3 Å². The van der Waals surface area contributed by atoms with Crippen molar-refractivity contribution in [1.82, 2.24) is 10.8 Å². The van der Waals surface area contributed by atoms with Crippen LogP contribution in [-0.2, 0) is 20.8 Å². The Labute approximate surface area is 210 Å². The maximum absolute atomic E-state index is 13.3. The van der Waals surface area contributed by atoms with E-state index in [1.165, 1.54) is 11.8 Å². The molecule has 35 heavy (non-hydrogen) atoms. The lowest BCUT2D eigenvalue weighted by molar-refractivity contribution is -0.140. The molecule has 188 valence electrons. The van der Waals surface area contributed by atoms with Gasteiger partial charge in [-0.1, -0.05) is 74.5 Å². The number of Topliss-reactive ketones (excluding diaryl/α,β-unsaturated/α-hetero) is 1. The monoisotopic (exact) mass is 499 g/mol. The van der Waals surface area contributed by atoms with Crippen molar-refractivity contribution in [1.29, 1.82) is 0 Å². The van der Waals surface area contributed by atoms with E-state index in [4.69, 9.17) is 5.73 Å². The summed E-state index contributed by atoms with van der Waals surface area (Å²) in [6, 6.07) is 17.0. The highest BCUT2D eigenvalue weighted by Gasteiger charge is 2.36. The van der Waals surface area contributed by atoms with E-state index in [0.29, 0.717) is 12.0 Å². The molecule has 2 aromatic carbocycles. The van der Waals surface area contributed by atoms with Gasteiger partial charge in [0.05, 0.1) is 17.6 Å². The molecule has 3 atom stereocenters. The zero-order valence-electron chi connectivity index (χ0n) is 20.0. The Morgan fingerprint density at radius 2 is 1.51 bits per heavy atom. The number of carbonyl (C=O) groups excluding carboxylic acids is 4. The van der Waals surface area contributed by atoms with Crippen LogP contribution in [0.4, 0.5) is 0 Å². The molecule has 5 N–H and O–H groups in total. The first-order valence-electron chi connectivity index (χ1n) is 11.5. The van der Waals surface area contributed by atoms with E-state index in [1.54, 1.807) is 29.7 Å². The second-order valence-electron chi connectivity index (χ2n) is 8.78. The Morgan fingerprint density at radius 1 is 0.914 bits per heavy atom. The number of ketones is 1. The summed E-state index contributed by atoms with van der Waals surface area (Å²) in [6.45, 7) is 3.82. The van der Waals surface area contributed by atoms with Crippen LogP contribution in [0.25, 0.3) is 0 Å². The van der Waals surface area contributed by atoms with Crippen LogP contribution in [0, 0.1) is 17.8 Å². The molecule has 3 amide bonds. The zero-order chi connectivity index (χ0) is 25.8. The van der Waals surface area contributed by atoms with Gasteiger partial charge in [-0.25, -0.2) is 5.48 Å². The number of primary amides is 1. The van der Waals surface area contributed by atoms with E-state index in [0.717, 1.165) is 5.56 Å². The average molecular weight is 500 g/mol. The van der Waals surface area contributed by atoms with Gasteiger partial charge in [0.2, 0.25) is 17.7 Å². The third kappa shape index (κ3) is 9.18. The minimum Gasteiger partial charge on any atom is -0.368 e. The predicted molar refractivity (Wildman–Crippen MR) is 136 cm³/mol. The SMILES string of the molecule is CC(C)C[C@@H](C(=O)N[C@@H](Cc1ccccc1)C(N)=O)[C@H](CSCC(=O)c1ccccc1)C(=O)NO. The highest BCUT2D eigenvalue weighted by atomic mass is 32.2. The van der Waals surface area contributed by atoms with Gasteiger partial charge in [-0.3, -0.25) is 24.4 Å². The number of nitrogens with two attached hydrogens (primary N) is 1. The van der Waals surface area contributed by atoms with Gasteiger partial charge in [0.25, 0.3) is 0 Å². The van der Waals surface area contributed by atoms with E-state index in [2.05, 4.69) is 5.32 Å². The molecule has 0 radical (unpaired) electrons. The lowest BCUT2D eigenvalue weighted by Crippen LogP contribution is -2.51. The van der Waals surface area contributed by atoms with Crippen molar-refractivity contribution >= 4 is 35.3 Å². The molecule has 0 bridgehead atoms. The number of amides is 3. The number of hydrogen-bond acceptors (Lipinski definition) is 6. The largest absolute Gasteiger partial charge is 0.368 e. The smallest absolute Gasteiger partial charge is 0.248 e. The average Bonchev–Trinajstić information content (AvgIpc) is 2.85. The standard InChI is InChI=1S/C26H33N3O5S/c1-17(2)13-20(25(32)28-22(24(27)31)14-18-9-5-3-6-10-18)21(26(33)29-34)15-35-16-23(30)19-11-7-4-8-12-19/h3-12,17,20-22,34H,13-16H2,1-2H3,(H2,27,31)(H,28,32)(H,29,33)/t20-,21+,22+/m1/s1. The van der Waals surface area contributed by atoms with Gasteiger partial charge >= 0.3 is 0 Å². The van der Waals surface area contributed by atoms with Gasteiger partial charge in [0.1, 0.15) is 6.04 Å². The van der Waals surface area contributed by atoms with Gasteiger partial charge in [0.15, 0.2) is 5.78 Å². The molecule has 9 heteroatoms. The predicted octanol–water partition coefficient (Wildman–Crippen LogP) is 2.60. The first-order chi connectivity index (χ1) is 16.7. The molecule has 0 aliphatic carbocycles. The normalized spacial score (nSPS) is 13.5. The summed E-state index contributed by atoms with van der Waals surface area (Å²) in [4.78, 5) is 50.4. The lowest BCUT2D eigenvalue weighted by atomic mass is 9.84. The van der Waals surface area contributed by atoms with E-state index in [9.17, 15) is 24.4 Å². The van der Waals surface area contributed by atoms with Crippen molar-refractivity contribution in [2.75, 3.05) is 11.5 Å². The third-order valence-electron chi connectivity index (χ3n) is 5.56. The first-order valence-corrected chi connectivity index (χ1v) is 12.6. The molecule has 0 spiro atoms. The molecule has 2 aromatic rings. The third-order valence-corrected chi connectivity index (χ3v) is 6.62. The van der Waals surface area contributed by atoms with Crippen LogP contribution in [0.2, 0.25) is 0 Å². The Balaban J connectivity index is 2.15. The summed E-state index contributed by atoms with van der Waals surface area (Å²) in [5.41, 5.74) is 8.59. The molecule has 0 aliphatic rings. The van der Waals surface area contributed by atoms with Crippen molar-refractivity contribution in [2.24, 2.45) is 23.5 Å². The van der Waals surface area contributed by atoms with Gasteiger partial charge in [-0.05, 0) is 17.9 Å². The molecule has 0 fully saturated rings. The lowest BCUT2D eigenvalue weighted by Gasteiger charge is -2.27. The molecular formula is C26H33N3O5S. The fourth-order valence-corrected chi connectivity index (χ4v) is 4.86. The summed E-state index contributed by atoms with van der Waals surface area (Å²) in [7, 11) is 0. The molecule has 2 rings (SSSR count). The van der Waals surface area contributed by atoms with Gasteiger partial charge < -0.3 is 11.1 Å².